The van der Waals surface area contributed by atoms with Crippen molar-refractivity contribution in [2.75, 3.05) is 18.4 Å². The van der Waals surface area contributed by atoms with Gasteiger partial charge in [0.15, 0.2) is 0 Å². The summed E-state index contributed by atoms with van der Waals surface area (Å²) >= 11 is 6.70. The predicted molar refractivity (Wildman–Crippen MR) is 138 cm³/mol. The number of nitrogens with zero attached hydrogens (tertiary/aromatic N) is 3. The van der Waals surface area contributed by atoms with E-state index in [1.807, 2.05) is 19.1 Å². The van der Waals surface area contributed by atoms with Gasteiger partial charge in [0.25, 0.3) is 11.5 Å². The van der Waals surface area contributed by atoms with Gasteiger partial charge in [-0.25, -0.2) is 4.98 Å². The highest BCUT2D eigenvalue weighted by Crippen LogP contribution is 2.33. The number of unbranched alkanes of at least 4 members (excludes halogenated alkanes) is 5. The Labute approximate surface area is 198 Å². The largest absolute Gasteiger partial charge is 0.366 e. The molecule has 3 heterocycles. The molecule has 0 radical (unpaired) electrons. The van der Waals surface area contributed by atoms with Crippen LogP contribution in [0, 0.1) is 6.92 Å². The van der Waals surface area contributed by atoms with Crippen molar-refractivity contribution in [3.8, 4) is 0 Å². The standard InChI is InChI=1S/C24H30N4O2S2/c1-4-6-7-8-9-10-14-28-23(30)19(32-24(28)31)16-18-20(25-13-5-2)26-21-17(3)12-11-15-27(21)22(18)29/h5,11-12,15-16,25H,2,4,6-10,13-14H2,1,3H3. The molecule has 0 saturated carbocycles. The Hall–Kier alpha value is -2.45. The zero-order chi connectivity index (χ0) is 23.1. The highest BCUT2D eigenvalue weighted by molar-refractivity contribution is 8.26. The Morgan fingerprint density at radius 1 is 1.22 bits per heavy atom. The number of fused-ring (bicyclic) bond motifs is 1. The lowest BCUT2D eigenvalue weighted by Gasteiger charge is -2.14. The van der Waals surface area contributed by atoms with Gasteiger partial charge in [-0.2, -0.15) is 0 Å². The minimum atomic E-state index is -0.230. The summed E-state index contributed by atoms with van der Waals surface area (Å²) < 4.78 is 2.05. The number of carbonyl (C=O) groups is 1. The number of amides is 1. The number of rotatable bonds is 11. The van der Waals surface area contributed by atoms with E-state index in [1.165, 1.54) is 41.8 Å². The van der Waals surface area contributed by atoms with E-state index in [-0.39, 0.29) is 11.5 Å². The number of aromatic nitrogens is 2. The molecule has 0 bridgehead atoms. The van der Waals surface area contributed by atoms with Crippen LogP contribution in [0.25, 0.3) is 11.7 Å². The number of hydrogen-bond donors (Lipinski definition) is 1. The van der Waals surface area contributed by atoms with Gasteiger partial charge in [0, 0.05) is 19.3 Å². The van der Waals surface area contributed by atoms with Crippen molar-refractivity contribution in [3.63, 3.8) is 0 Å². The molecule has 1 N–H and O–H groups in total. The van der Waals surface area contributed by atoms with E-state index < -0.39 is 0 Å². The van der Waals surface area contributed by atoms with E-state index in [4.69, 9.17) is 12.2 Å². The summed E-state index contributed by atoms with van der Waals surface area (Å²) in [4.78, 5) is 33.0. The van der Waals surface area contributed by atoms with Gasteiger partial charge in [0.1, 0.15) is 15.8 Å². The summed E-state index contributed by atoms with van der Waals surface area (Å²) in [6.07, 6.45) is 11.9. The van der Waals surface area contributed by atoms with Gasteiger partial charge in [0.05, 0.1) is 10.5 Å². The van der Waals surface area contributed by atoms with Crippen LogP contribution in [-0.2, 0) is 4.79 Å². The van der Waals surface area contributed by atoms with Gasteiger partial charge in [0.2, 0.25) is 0 Å². The van der Waals surface area contributed by atoms with Gasteiger partial charge in [-0.3, -0.25) is 18.9 Å². The lowest BCUT2D eigenvalue weighted by Crippen LogP contribution is -2.29. The first kappa shape index (κ1) is 24.2. The monoisotopic (exact) mass is 470 g/mol. The molecule has 8 heteroatoms. The summed E-state index contributed by atoms with van der Waals surface area (Å²) in [5, 5.41) is 3.14. The molecule has 0 spiro atoms. The molecule has 0 aliphatic carbocycles. The molecule has 0 aromatic carbocycles. The molecule has 0 unspecified atom stereocenters. The van der Waals surface area contributed by atoms with E-state index in [0.717, 1.165) is 18.4 Å². The van der Waals surface area contributed by atoms with Gasteiger partial charge < -0.3 is 5.32 Å². The molecule has 1 aliphatic rings. The molecule has 1 aliphatic heterocycles. The zero-order valence-electron chi connectivity index (χ0n) is 18.7. The van der Waals surface area contributed by atoms with Crippen LogP contribution >= 0.6 is 24.0 Å². The Kier molecular flexibility index (Phi) is 8.64. The number of aryl methyl sites for hydroxylation is 1. The van der Waals surface area contributed by atoms with Crippen molar-refractivity contribution in [2.45, 2.75) is 52.4 Å². The van der Waals surface area contributed by atoms with Crippen LogP contribution in [0.3, 0.4) is 0 Å². The molecule has 0 atom stereocenters. The van der Waals surface area contributed by atoms with Crippen molar-refractivity contribution in [2.24, 2.45) is 0 Å². The minimum Gasteiger partial charge on any atom is -0.366 e. The fraction of sp³-hybridized carbons (Fsp3) is 0.417. The number of hydrogen-bond acceptors (Lipinski definition) is 6. The smallest absolute Gasteiger partial charge is 0.267 e. The quantitative estimate of drug-likeness (QED) is 0.212. The Morgan fingerprint density at radius 3 is 2.72 bits per heavy atom. The second-order valence-electron chi connectivity index (χ2n) is 7.83. The number of nitrogens with one attached hydrogen (secondary N) is 1. The minimum absolute atomic E-state index is 0.142. The molecule has 6 nitrogen and oxygen atoms in total. The van der Waals surface area contributed by atoms with E-state index in [1.54, 1.807) is 23.2 Å². The van der Waals surface area contributed by atoms with Gasteiger partial charge in [-0.1, -0.05) is 75.1 Å². The zero-order valence-corrected chi connectivity index (χ0v) is 20.4. The first-order chi connectivity index (χ1) is 15.5. The molecule has 170 valence electrons. The van der Waals surface area contributed by atoms with Crippen LogP contribution in [-0.4, -0.2) is 37.6 Å². The molecule has 3 rings (SSSR count). The summed E-state index contributed by atoms with van der Waals surface area (Å²) in [5.41, 5.74) is 1.58. The summed E-state index contributed by atoms with van der Waals surface area (Å²) in [5.74, 6) is 0.294. The van der Waals surface area contributed by atoms with Crippen LogP contribution < -0.4 is 10.9 Å². The topological polar surface area (TPSA) is 66.7 Å². The van der Waals surface area contributed by atoms with Crippen molar-refractivity contribution < 1.29 is 4.79 Å². The van der Waals surface area contributed by atoms with Crippen LogP contribution in [0.1, 0.15) is 56.6 Å². The number of thiocarbonyl (C=S) groups is 1. The first-order valence-electron chi connectivity index (χ1n) is 11.1. The lowest BCUT2D eigenvalue weighted by molar-refractivity contribution is -0.122. The second-order valence-corrected chi connectivity index (χ2v) is 9.51. The van der Waals surface area contributed by atoms with E-state index >= 15 is 0 Å². The predicted octanol–water partition coefficient (Wildman–Crippen LogP) is 5.16. The highest BCUT2D eigenvalue weighted by Gasteiger charge is 2.32. The van der Waals surface area contributed by atoms with Crippen LogP contribution in [0.4, 0.5) is 5.82 Å². The molecule has 1 saturated heterocycles. The van der Waals surface area contributed by atoms with E-state index in [2.05, 4.69) is 23.8 Å². The first-order valence-corrected chi connectivity index (χ1v) is 12.3. The Bertz CT molecular complexity index is 1110. The average molecular weight is 471 g/mol. The number of thioether (sulfide) groups is 1. The van der Waals surface area contributed by atoms with Crippen molar-refractivity contribution in [1.82, 2.24) is 14.3 Å². The summed E-state index contributed by atoms with van der Waals surface area (Å²) in [6, 6.07) is 3.72. The molecule has 1 fully saturated rings. The molecule has 2 aromatic rings. The third-order valence-corrected chi connectivity index (χ3v) is 6.76. The van der Waals surface area contributed by atoms with Crippen molar-refractivity contribution in [3.05, 3.63) is 57.4 Å². The van der Waals surface area contributed by atoms with Gasteiger partial charge >= 0.3 is 0 Å². The summed E-state index contributed by atoms with van der Waals surface area (Å²) in [7, 11) is 0. The van der Waals surface area contributed by atoms with Crippen LogP contribution in [0.2, 0.25) is 0 Å². The van der Waals surface area contributed by atoms with Crippen molar-refractivity contribution >= 4 is 51.7 Å². The molecular weight excluding hydrogens is 440 g/mol. The van der Waals surface area contributed by atoms with Crippen LogP contribution in [0.5, 0.6) is 0 Å². The average Bonchev–Trinajstić information content (AvgIpc) is 3.04. The van der Waals surface area contributed by atoms with Crippen molar-refractivity contribution in [1.29, 1.82) is 0 Å². The maximum atomic E-state index is 13.3. The lowest BCUT2D eigenvalue weighted by atomic mass is 10.1. The van der Waals surface area contributed by atoms with E-state index in [0.29, 0.717) is 39.3 Å². The molecular formula is C24H30N4O2S2. The fourth-order valence-corrected chi connectivity index (χ4v) is 4.91. The normalized spacial score (nSPS) is 15.2. The number of carbonyl (C=O) groups excluding carboxylic acids is 1. The molecule has 32 heavy (non-hydrogen) atoms. The van der Waals surface area contributed by atoms with Gasteiger partial charge in [-0.15, -0.1) is 6.58 Å². The fourth-order valence-electron chi connectivity index (χ4n) is 3.62. The summed E-state index contributed by atoms with van der Waals surface area (Å²) in [6.45, 7) is 8.90. The SMILES string of the molecule is C=CCNc1nc2c(C)cccn2c(=O)c1C=C1SC(=S)N(CCCCCCCC)C1=O. The van der Waals surface area contributed by atoms with Gasteiger partial charge in [-0.05, 0) is 31.1 Å². The number of pyridine rings is 1. The Morgan fingerprint density at radius 2 is 1.97 bits per heavy atom. The third kappa shape index (κ3) is 5.48. The van der Waals surface area contributed by atoms with Crippen LogP contribution in [0.15, 0.2) is 40.7 Å². The number of anilines is 1. The maximum absolute atomic E-state index is 13.3. The highest BCUT2D eigenvalue weighted by atomic mass is 32.2. The Balaban J connectivity index is 1.87. The second kappa shape index (κ2) is 11.4. The molecule has 2 aromatic heterocycles. The third-order valence-electron chi connectivity index (χ3n) is 5.38. The van der Waals surface area contributed by atoms with E-state index in [9.17, 15) is 9.59 Å². The molecule has 1 amide bonds. The maximum Gasteiger partial charge on any atom is 0.267 e.